The molecule has 1 heterocycles. The number of aromatic nitrogens is 1. The molecular formula is C22H19NO3S2. The van der Waals surface area contributed by atoms with Crippen LogP contribution in [0.2, 0.25) is 0 Å². The molecule has 0 saturated heterocycles. The average molecular weight is 410 g/mol. The molecule has 0 N–H and O–H groups in total. The van der Waals surface area contributed by atoms with Gasteiger partial charge in [0.15, 0.2) is 15.6 Å². The number of thioether (sulfide) groups is 1. The maximum atomic E-state index is 12.7. The van der Waals surface area contributed by atoms with E-state index in [2.05, 4.69) is 18.1 Å². The average Bonchev–Trinajstić information content (AvgIpc) is 2.67. The van der Waals surface area contributed by atoms with Crippen molar-refractivity contribution in [2.75, 3.05) is 0 Å². The Bertz CT molecular complexity index is 1150. The van der Waals surface area contributed by atoms with Gasteiger partial charge in [0.25, 0.3) is 0 Å². The Kier molecular flexibility index (Phi) is 6.11. The standard InChI is InChI=1S/C22H19NO3S2/c1-16(27-17(2)28(25,26)15-18-8-4-3-5-9-18)14-21(24)20-12-6-10-19-11-7-13-23-22(19)20/h3-13H,1-2,14-15H2. The summed E-state index contributed by atoms with van der Waals surface area (Å²) in [6.45, 7) is 7.54. The SMILES string of the molecule is C=C(CC(=O)c1cccc2cccnc12)SC(=C)S(=O)(=O)Cc1ccccc1. The number of hydrogen-bond acceptors (Lipinski definition) is 5. The second-order valence-electron chi connectivity index (χ2n) is 6.24. The molecule has 4 nitrogen and oxygen atoms in total. The molecule has 0 amide bonds. The van der Waals surface area contributed by atoms with E-state index in [0.717, 1.165) is 17.1 Å². The van der Waals surface area contributed by atoms with E-state index in [4.69, 9.17) is 0 Å². The second-order valence-corrected chi connectivity index (χ2v) is 9.78. The fourth-order valence-electron chi connectivity index (χ4n) is 2.74. The minimum atomic E-state index is -3.56. The van der Waals surface area contributed by atoms with E-state index >= 15 is 0 Å². The molecule has 0 spiro atoms. The highest BCUT2D eigenvalue weighted by Crippen LogP contribution is 2.32. The molecule has 0 saturated carbocycles. The van der Waals surface area contributed by atoms with E-state index in [-0.39, 0.29) is 22.2 Å². The molecule has 3 aromatic rings. The summed E-state index contributed by atoms with van der Waals surface area (Å²) >= 11 is 0.936. The maximum Gasteiger partial charge on any atom is 0.188 e. The van der Waals surface area contributed by atoms with Gasteiger partial charge in [-0.05, 0) is 22.6 Å². The number of nitrogens with zero attached hydrogens (tertiary/aromatic N) is 1. The third kappa shape index (κ3) is 4.77. The van der Waals surface area contributed by atoms with Crippen LogP contribution in [0.4, 0.5) is 0 Å². The monoisotopic (exact) mass is 409 g/mol. The first-order valence-electron chi connectivity index (χ1n) is 8.55. The number of ketones is 1. The molecule has 142 valence electrons. The first-order valence-corrected chi connectivity index (χ1v) is 11.0. The van der Waals surface area contributed by atoms with Crippen LogP contribution < -0.4 is 0 Å². The zero-order valence-corrected chi connectivity index (χ0v) is 16.8. The Balaban J connectivity index is 1.67. The van der Waals surface area contributed by atoms with Gasteiger partial charge in [-0.15, -0.1) is 0 Å². The van der Waals surface area contributed by atoms with E-state index in [9.17, 15) is 13.2 Å². The van der Waals surface area contributed by atoms with Crippen molar-refractivity contribution in [2.45, 2.75) is 12.2 Å². The van der Waals surface area contributed by atoms with Crippen molar-refractivity contribution in [1.82, 2.24) is 4.98 Å². The second kappa shape index (κ2) is 8.54. The number of fused-ring (bicyclic) bond motifs is 1. The predicted molar refractivity (Wildman–Crippen MR) is 116 cm³/mol. The van der Waals surface area contributed by atoms with E-state index in [1.165, 1.54) is 0 Å². The highest BCUT2D eigenvalue weighted by atomic mass is 32.3. The van der Waals surface area contributed by atoms with Gasteiger partial charge >= 0.3 is 0 Å². The van der Waals surface area contributed by atoms with Crippen LogP contribution in [0.3, 0.4) is 0 Å². The van der Waals surface area contributed by atoms with Crippen molar-refractivity contribution >= 4 is 38.3 Å². The smallest absolute Gasteiger partial charge is 0.188 e. The van der Waals surface area contributed by atoms with Gasteiger partial charge in [-0.3, -0.25) is 9.78 Å². The summed E-state index contributed by atoms with van der Waals surface area (Å²) in [6.07, 6.45) is 1.65. The summed E-state index contributed by atoms with van der Waals surface area (Å²) in [4.78, 5) is 17.4. The molecule has 0 unspecified atom stereocenters. The van der Waals surface area contributed by atoms with Gasteiger partial charge < -0.3 is 0 Å². The maximum absolute atomic E-state index is 12.7. The van der Waals surface area contributed by atoms with E-state index in [0.29, 0.717) is 21.5 Å². The molecule has 0 aliphatic heterocycles. The molecule has 1 aromatic heterocycles. The van der Waals surface area contributed by atoms with Crippen LogP contribution in [0.5, 0.6) is 0 Å². The number of para-hydroxylation sites is 1. The summed E-state index contributed by atoms with van der Waals surface area (Å²) in [5.41, 5.74) is 1.81. The minimum Gasteiger partial charge on any atom is -0.294 e. The van der Waals surface area contributed by atoms with Crippen LogP contribution in [-0.4, -0.2) is 19.2 Å². The van der Waals surface area contributed by atoms with Crippen molar-refractivity contribution in [3.63, 3.8) is 0 Å². The third-order valence-electron chi connectivity index (χ3n) is 4.10. The lowest BCUT2D eigenvalue weighted by Crippen LogP contribution is -2.06. The fourth-order valence-corrected chi connectivity index (χ4v) is 5.09. The fraction of sp³-hybridized carbons (Fsp3) is 0.0909. The molecule has 0 aliphatic carbocycles. The van der Waals surface area contributed by atoms with Gasteiger partial charge in [0.1, 0.15) is 0 Å². The van der Waals surface area contributed by atoms with Crippen LogP contribution >= 0.6 is 11.8 Å². The molecule has 6 heteroatoms. The van der Waals surface area contributed by atoms with Crippen LogP contribution in [0, 0.1) is 0 Å². The van der Waals surface area contributed by atoms with E-state index < -0.39 is 9.84 Å². The van der Waals surface area contributed by atoms with Crippen molar-refractivity contribution in [3.05, 3.63) is 100 Å². The Morgan fingerprint density at radius 2 is 1.68 bits per heavy atom. The first kappa shape index (κ1) is 20.0. The molecule has 0 atom stereocenters. The van der Waals surface area contributed by atoms with Crippen LogP contribution in [0.15, 0.2) is 89.2 Å². The highest BCUT2D eigenvalue weighted by molar-refractivity contribution is 8.20. The number of pyridine rings is 1. The minimum absolute atomic E-state index is 0.00908. The van der Waals surface area contributed by atoms with Gasteiger partial charge in [-0.2, -0.15) is 0 Å². The molecule has 0 fully saturated rings. The zero-order valence-electron chi connectivity index (χ0n) is 15.2. The molecule has 3 rings (SSSR count). The van der Waals surface area contributed by atoms with Crippen molar-refractivity contribution in [2.24, 2.45) is 0 Å². The van der Waals surface area contributed by atoms with Crippen LogP contribution in [0.1, 0.15) is 22.3 Å². The van der Waals surface area contributed by atoms with Crippen molar-refractivity contribution in [3.8, 4) is 0 Å². The number of carbonyl (C=O) groups is 1. The van der Waals surface area contributed by atoms with Gasteiger partial charge in [-0.1, -0.05) is 73.5 Å². The molecule has 28 heavy (non-hydrogen) atoms. The summed E-state index contributed by atoms with van der Waals surface area (Å²) in [6, 6.07) is 18.0. The summed E-state index contributed by atoms with van der Waals surface area (Å²) < 4.78 is 25.0. The largest absolute Gasteiger partial charge is 0.294 e. The number of sulfone groups is 1. The van der Waals surface area contributed by atoms with E-state index in [1.807, 2.05) is 24.3 Å². The number of carbonyl (C=O) groups excluding carboxylic acids is 1. The Labute approximate surface area is 168 Å². The van der Waals surface area contributed by atoms with E-state index in [1.54, 1.807) is 42.6 Å². The molecular weight excluding hydrogens is 390 g/mol. The Morgan fingerprint density at radius 1 is 0.964 bits per heavy atom. The van der Waals surface area contributed by atoms with Gasteiger partial charge in [0.2, 0.25) is 0 Å². The lowest BCUT2D eigenvalue weighted by Gasteiger charge is -2.10. The topological polar surface area (TPSA) is 64.1 Å². The van der Waals surface area contributed by atoms with Crippen molar-refractivity contribution < 1.29 is 13.2 Å². The molecule has 0 radical (unpaired) electrons. The molecule has 2 aromatic carbocycles. The summed E-state index contributed by atoms with van der Waals surface area (Å²) in [7, 11) is -3.56. The number of Topliss-reactive ketones (excluding diaryl/α,β-unsaturated/α-hetero) is 1. The Morgan fingerprint density at radius 3 is 2.43 bits per heavy atom. The Hall–Kier alpha value is -2.70. The summed E-state index contributed by atoms with van der Waals surface area (Å²) in [5.74, 6) is -0.288. The third-order valence-corrected chi connectivity index (χ3v) is 7.18. The van der Waals surface area contributed by atoms with Crippen LogP contribution in [0.25, 0.3) is 10.9 Å². The number of benzene rings is 2. The number of allylic oxidation sites excluding steroid dienone is 1. The normalized spacial score (nSPS) is 11.3. The van der Waals surface area contributed by atoms with Gasteiger partial charge in [0, 0.05) is 23.6 Å². The first-order chi connectivity index (χ1) is 13.4. The quantitative estimate of drug-likeness (QED) is 0.482. The van der Waals surface area contributed by atoms with Crippen LogP contribution in [-0.2, 0) is 15.6 Å². The lowest BCUT2D eigenvalue weighted by atomic mass is 10.0. The van der Waals surface area contributed by atoms with Gasteiger partial charge in [0.05, 0.1) is 15.5 Å². The number of rotatable bonds is 8. The highest BCUT2D eigenvalue weighted by Gasteiger charge is 2.20. The predicted octanol–water partition coefficient (Wildman–Crippen LogP) is 5.14. The summed E-state index contributed by atoms with van der Waals surface area (Å²) in [5, 5.41) is 0.876. The van der Waals surface area contributed by atoms with Crippen molar-refractivity contribution in [1.29, 1.82) is 0 Å². The molecule has 0 bridgehead atoms. The molecule has 0 aliphatic rings. The number of hydrogen-bond donors (Lipinski definition) is 0. The lowest BCUT2D eigenvalue weighted by molar-refractivity contribution is 0.0996. The zero-order chi connectivity index (χ0) is 20.1. The van der Waals surface area contributed by atoms with Gasteiger partial charge in [-0.25, -0.2) is 8.42 Å².